The average molecular weight is 302 g/mol. The summed E-state index contributed by atoms with van der Waals surface area (Å²) >= 11 is 5.45. The minimum absolute atomic E-state index is 0.102. The number of hydrogen-bond acceptors (Lipinski definition) is 3. The molecule has 0 aliphatic carbocycles. The molecule has 2 nitrogen and oxygen atoms in total. The molecule has 0 spiro atoms. The minimum Gasteiger partial charge on any atom is -0.392 e. The van der Waals surface area contributed by atoms with E-state index in [9.17, 15) is 5.11 Å². The summed E-state index contributed by atoms with van der Waals surface area (Å²) in [5, 5.41) is 9.41. The number of thioether (sulfide) groups is 1. The van der Waals surface area contributed by atoms with Crippen LogP contribution in [-0.4, -0.2) is 29.2 Å². The summed E-state index contributed by atoms with van der Waals surface area (Å²) in [6.07, 6.45) is 0. The fraction of sp³-hybridized carbons (Fsp3) is 0.500. The summed E-state index contributed by atoms with van der Waals surface area (Å²) in [7, 11) is 0. The third kappa shape index (κ3) is 2.55. The SMILES string of the molecule is CC1CSCCN1c1ccc(Br)cc1CO. The van der Waals surface area contributed by atoms with Crippen LogP contribution >= 0.6 is 27.7 Å². The molecular formula is C12H16BrNOS. The van der Waals surface area contributed by atoms with Gasteiger partial charge in [-0.3, -0.25) is 0 Å². The van der Waals surface area contributed by atoms with Gasteiger partial charge in [0, 0.05) is 39.8 Å². The minimum atomic E-state index is 0.102. The second-order valence-electron chi connectivity index (χ2n) is 4.05. The molecule has 1 heterocycles. The number of aliphatic hydroxyl groups is 1. The number of rotatable bonds is 2. The maximum Gasteiger partial charge on any atom is 0.0702 e. The largest absolute Gasteiger partial charge is 0.392 e. The molecule has 1 saturated heterocycles. The Morgan fingerprint density at radius 1 is 1.56 bits per heavy atom. The molecule has 0 saturated carbocycles. The van der Waals surface area contributed by atoms with Crippen LogP contribution in [0.3, 0.4) is 0 Å². The molecule has 0 radical (unpaired) electrons. The van der Waals surface area contributed by atoms with E-state index >= 15 is 0 Å². The van der Waals surface area contributed by atoms with Crippen LogP contribution in [0.4, 0.5) is 5.69 Å². The van der Waals surface area contributed by atoms with Crippen LogP contribution in [0.1, 0.15) is 12.5 Å². The summed E-state index contributed by atoms with van der Waals surface area (Å²) in [6.45, 7) is 3.42. The predicted molar refractivity (Wildman–Crippen MR) is 74.2 cm³/mol. The molecule has 1 fully saturated rings. The van der Waals surface area contributed by atoms with Crippen LogP contribution in [-0.2, 0) is 6.61 Å². The van der Waals surface area contributed by atoms with Gasteiger partial charge < -0.3 is 10.0 Å². The third-order valence-electron chi connectivity index (χ3n) is 2.89. The van der Waals surface area contributed by atoms with Crippen molar-refractivity contribution in [3.8, 4) is 0 Å². The van der Waals surface area contributed by atoms with E-state index in [0.717, 1.165) is 16.6 Å². The molecule has 0 amide bonds. The second kappa shape index (κ2) is 5.43. The maximum absolute atomic E-state index is 9.41. The molecule has 1 atom stereocenters. The van der Waals surface area contributed by atoms with Crippen molar-refractivity contribution in [3.63, 3.8) is 0 Å². The number of halogens is 1. The van der Waals surface area contributed by atoms with Gasteiger partial charge in [0.1, 0.15) is 0 Å². The molecule has 1 N–H and O–H groups in total. The van der Waals surface area contributed by atoms with Crippen LogP contribution in [0, 0.1) is 0 Å². The topological polar surface area (TPSA) is 23.5 Å². The summed E-state index contributed by atoms with van der Waals surface area (Å²) in [6, 6.07) is 6.69. The first kappa shape index (κ1) is 12.3. The van der Waals surface area contributed by atoms with Gasteiger partial charge in [0.15, 0.2) is 0 Å². The van der Waals surface area contributed by atoms with Crippen LogP contribution in [0.2, 0.25) is 0 Å². The van der Waals surface area contributed by atoms with E-state index in [4.69, 9.17) is 0 Å². The van der Waals surface area contributed by atoms with Crippen LogP contribution < -0.4 is 4.90 Å². The van der Waals surface area contributed by atoms with Crippen LogP contribution in [0.15, 0.2) is 22.7 Å². The summed E-state index contributed by atoms with van der Waals surface area (Å²) < 4.78 is 1.03. The Balaban J connectivity index is 2.30. The number of anilines is 1. The third-order valence-corrected chi connectivity index (χ3v) is 4.57. The van der Waals surface area contributed by atoms with Gasteiger partial charge in [-0.1, -0.05) is 15.9 Å². The smallest absolute Gasteiger partial charge is 0.0702 e. The molecule has 1 unspecified atom stereocenters. The van der Waals surface area contributed by atoms with Gasteiger partial charge in [-0.15, -0.1) is 0 Å². The molecule has 0 aromatic heterocycles. The molecule has 2 rings (SSSR count). The Bertz CT molecular complexity index is 372. The Morgan fingerprint density at radius 3 is 3.06 bits per heavy atom. The number of nitrogens with zero attached hydrogens (tertiary/aromatic N) is 1. The van der Waals surface area contributed by atoms with Crippen molar-refractivity contribution in [2.45, 2.75) is 19.6 Å². The van der Waals surface area contributed by atoms with E-state index in [1.54, 1.807) is 0 Å². The molecule has 0 bridgehead atoms. The van der Waals surface area contributed by atoms with Crippen molar-refractivity contribution >= 4 is 33.4 Å². The molecule has 1 aromatic carbocycles. The maximum atomic E-state index is 9.41. The van der Waals surface area contributed by atoms with Gasteiger partial charge in [-0.25, -0.2) is 0 Å². The summed E-state index contributed by atoms with van der Waals surface area (Å²) in [4.78, 5) is 2.40. The Hall–Kier alpha value is -0.190. The average Bonchev–Trinajstić information content (AvgIpc) is 2.30. The van der Waals surface area contributed by atoms with Crippen molar-refractivity contribution < 1.29 is 5.11 Å². The van der Waals surface area contributed by atoms with Crippen molar-refractivity contribution in [3.05, 3.63) is 28.2 Å². The van der Waals surface area contributed by atoms with Gasteiger partial charge in [-0.2, -0.15) is 11.8 Å². The van der Waals surface area contributed by atoms with E-state index in [1.807, 2.05) is 23.9 Å². The lowest BCUT2D eigenvalue weighted by Crippen LogP contribution is -2.40. The van der Waals surface area contributed by atoms with Crippen molar-refractivity contribution in [1.29, 1.82) is 0 Å². The monoisotopic (exact) mass is 301 g/mol. The zero-order valence-corrected chi connectivity index (χ0v) is 11.7. The van der Waals surface area contributed by atoms with Gasteiger partial charge >= 0.3 is 0 Å². The van der Waals surface area contributed by atoms with E-state index in [2.05, 4.69) is 33.8 Å². The standard InChI is InChI=1S/C12H16BrNOS/c1-9-8-16-5-4-14(9)12-3-2-11(13)6-10(12)7-15/h2-3,6,9,15H,4-5,7-8H2,1H3. The zero-order valence-electron chi connectivity index (χ0n) is 9.32. The van der Waals surface area contributed by atoms with Crippen molar-refractivity contribution in [2.75, 3.05) is 23.0 Å². The molecule has 1 aliphatic heterocycles. The first-order valence-corrected chi connectivity index (χ1v) is 7.41. The molecule has 1 aromatic rings. The summed E-state index contributed by atoms with van der Waals surface area (Å²) in [5.41, 5.74) is 2.19. The molecule has 16 heavy (non-hydrogen) atoms. The molecule has 4 heteroatoms. The Labute approximate surface area is 109 Å². The fourth-order valence-electron chi connectivity index (χ4n) is 2.05. The van der Waals surface area contributed by atoms with E-state index in [1.165, 1.54) is 17.2 Å². The highest BCUT2D eigenvalue weighted by molar-refractivity contribution is 9.10. The van der Waals surface area contributed by atoms with Gasteiger partial charge in [0.25, 0.3) is 0 Å². The van der Waals surface area contributed by atoms with E-state index in [0.29, 0.717) is 6.04 Å². The lowest BCUT2D eigenvalue weighted by Gasteiger charge is -2.36. The lowest BCUT2D eigenvalue weighted by atomic mass is 10.1. The van der Waals surface area contributed by atoms with E-state index < -0.39 is 0 Å². The first-order valence-electron chi connectivity index (χ1n) is 5.46. The molecular weight excluding hydrogens is 286 g/mol. The lowest BCUT2D eigenvalue weighted by molar-refractivity contribution is 0.282. The van der Waals surface area contributed by atoms with Gasteiger partial charge in [0.2, 0.25) is 0 Å². The fourth-order valence-corrected chi connectivity index (χ4v) is 3.47. The quantitative estimate of drug-likeness (QED) is 0.909. The van der Waals surface area contributed by atoms with E-state index in [-0.39, 0.29) is 6.61 Å². The molecule has 1 aliphatic rings. The Morgan fingerprint density at radius 2 is 2.38 bits per heavy atom. The van der Waals surface area contributed by atoms with Crippen molar-refractivity contribution in [2.24, 2.45) is 0 Å². The van der Waals surface area contributed by atoms with Crippen LogP contribution in [0.5, 0.6) is 0 Å². The zero-order chi connectivity index (χ0) is 11.5. The Kier molecular flexibility index (Phi) is 4.16. The van der Waals surface area contributed by atoms with Gasteiger partial charge in [0.05, 0.1) is 6.61 Å². The number of hydrogen-bond donors (Lipinski definition) is 1. The number of benzene rings is 1. The van der Waals surface area contributed by atoms with Crippen LogP contribution in [0.25, 0.3) is 0 Å². The highest BCUT2D eigenvalue weighted by Gasteiger charge is 2.20. The summed E-state index contributed by atoms with van der Waals surface area (Å²) in [5.74, 6) is 2.34. The highest BCUT2D eigenvalue weighted by Crippen LogP contribution is 2.29. The van der Waals surface area contributed by atoms with Crippen molar-refractivity contribution in [1.82, 2.24) is 0 Å². The second-order valence-corrected chi connectivity index (χ2v) is 6.11. The normalized spacial score (nSPS) is 21.2. The predicted octanol–water partition coefficient (Wildman–Crippen LogP) is 2.88. The number of aliphatic hydroxyl groups excluding tert-OH is 1. The highest BCUT2D eigenvalue weighted by atomic mass is 79.9. The first-order chi connectivity index (χ1) is 7.72. The molecule has 88 valence electrons. The van der Waals surface area contributed by atoms with Gasteiger partial charge in [-0.05, 0) is 25.1 Å².